The Hall–Kier alpha value is -1.01. The van der Waals surface area contributed by atoms with E-state index in [1.165, 1.54) is 0 Å². The van der Waals surface area contributed by atoms with Crippen LogP contribution in [0.2, 0.25) is 0 Å². The van der Waals surface area contributed by atoms with Crippen LogP contribution >= 0.6 is 15.9 Å². The molecular weight excluding hydrogens is 257 g/mol. The Labute approximate surface area is 87.6 Å². The summed E-state index contributed by atoms with van der Waals surface area (Å²) in [6, 6.07) is 2.10. The quantitative estimate of drug-likeness (QED) is 0.516. The minimum Gasteiger partial charge on any atom is -0.392 e. The number of aliphatic hydroxyl groups excluding tert-OH is 1. The lowest BCUT2D eigenvalue weighted by atomic mass is 10.1. The molecule has 4 nitrogen and oxygen atoms in total. The highest BCUT2D eigenvalue weighted by Crippen LogP contribution is 2.23. The van der Waals surface area contributed by atoms with Crippen LogP contribution in [0.3, 0.4) is 0 Å². The first-order valence-corrected chi connectivity index (χ1v) is 4.84. The summed E-state index contributed by atoms with van der Waals surface area (Å²) < 4.78 is 13.0. The van der Waals surface area contributed by atoms with Crippen molar-refractivity contribution in [2.24, 2.45) is 0 Å². The van der Waals surface area contributed by atoms with Crippen molar-refractivity contribution in [1.82, 2.24) is 0 Å². The molecule has 1 rings (SSSR count). The molecule has 0 atom stereocenters. The Balaban J connectivity index is 3.30. The minimum atomic E-state index is -0.927. The lowest BCUT2D eigenvalue weighted by molar-refractivity contribution is -0.387. The van der Waals surface area contributed by atoms with Gasteiger partial charge >= 0.3 is 5.69 Å². The maximum Gasteiger partial charge on any atom is 0.305 e. The number of halogens is 2. The molecular formula is C8H7BrFNO3. The highest BCUT2D eigenvalue weighted by molar-refractivity contribution is 9.08. The van der Waals surface area contributed by atoms with E-state index in [0.717, 1.165) is 12.1 Å². The number of aliphatic hydroxyl groups is 1. The molecule has 0 aromatic heterocycles. The Kier molecular flexibility index (Phi) is 3.54. The van der Waals surface area contributed by atoms with E-state index in [9.17, 15) is 14.5 Å². The molecule has 0 unspecified atom stereocenters. The van der Waals surface area contributed by atoms with E-state index in [1.54, 1.807) is 0 Å². The summed E-state index contributed by atoms with van der Waals surface area (Å²) in [6.45, 7) is -0.337. The largest absolute Gasteiger partial charge is 0.392 e. The van der Waals surface area contributed by atoms with Crippen LogP contribution in [-0.2, 0) is 11.9 Å². The SMILES string of the molecule is O=[N+]([O-])c1cc(CBr)c(CO)cc1F. The Morgan fingerprint density at radius 2 is 2.14 bits per heavy atom. The van der Waals surface area contributed by atoms with Gasteiger partial charge in [-0.05, 0) is 17.2 Å². The van der Waals surface area contributed by atoms with Crippen molar-refractivity contribution in [3.8, 4) is 0 Å². The normalized spacial score (nSPS) is 10.2. The predicted octanol–water partition coefficient (Wildman–Crippen LogP) is 2.12. The molecule has 0 radical (unpaired) electrons. The highest BCUT2D eigenvalue weighted by Gasteiger charge is 2.17. The fourth-order valence-corrected chi connectivity index (χ4v) is 1.58. The molecule has 6 heteroatoms. The maximum absolute atomic E-state index is 13.0. The first kappa shape index (κ1) is 11.1. The number of alkyl halides is 1. The predicted molar refractivity (Wildman–Crippen MR) is 51.6 cm³/mol. The van der Waals surface area contributed by atoms with E-state index < -0.39 is 16.4 Å². The van der Waals surface area contributed by atoms with Crippen LogP contribution in [0.1, 0.15) is 11.1 Å². The molecule has 0 fully saturated rings. The molecule has 0 aliphatic carbocycles. The Morgan fingerprint density at radius 3 is 2.57 bits per heavy atom. The molecule has 1 aromatic carbocycles. The van der Waals surface area contributed by atoms with Crippen molar-refractivity contribution < 1.29 is 14.4 Å². The van der Waals surface area contributed by atoms with Gasteiger partial charge in [0.1, 0.15) is 0 Å². The van der Waals surface area contributed by atoms with Crippen LogP contribution in [0.5, 0.6) is 0 Å². The maximum atomic E-state index is 13.0. The second-order valence-electron chi connectivity index (χ2n) is 2.62. The van der Waals surface area contributed by atoms with Gasteiger partial charge in [0, 0.05) is 11.4 Å². The van der Waals surface area contributed by atoms with Crippen molar-refractivity contribution in [2.75, 3.05) is 0 Å². The van der Waals surface area contributed by atoms with Crippen LogP contribution in [0.4, 0.5) is 10.1 Å². The molecule has 0 saturated carbocycles. The summed E-state index contributed by atoms with van der Waals surface area (Å²) in [6.07, 6.45) is 0. The number of nitrogens with zero attached hydrogens (tertiary/aromatic N) is 1. The summed E-state index contributed by atoms with van der Waals surface area (Å²) in [5, 5.41) is 19.6. The zero-order valence-corrected chi connectivity index (χ0v) is 8.62. The van der Waals surface area contributed by atoms with Crippen molar-refractivity contribution in [2.45, 2.75) is 11.9 Å². The summed E-state index contributed by atoms with van der Waals surface area (Å²) in [4.78, 5) is 9.59. The van der Waals surface area contributed by atoms with E-state index in [1.807, 2.05) is 0 Å². The fraction of sp³-hybridized carbons (Fsp3) is 0.250. The molecule has 0 saturated heterocycles. The molecule has 0 aliphatic rings. The molecule has 0 bridgehead atoms. The lowest BCUT2D eigenvalue weighted by Gasteiger charge is -2.04. The first-order chi connectivity index (χ1) is 6.60. The van der Waals surface area contributed by atoms with Crippen molar-refractivity contribution in [3.63, 3.8) is 0 Å². The second kappa shape index (κ2) is 4.47. The average molecular weight is 264 g/mol. The zero-order chi connectivity index (χ0) is 10.7. The van der Waals surface area contributed by atoms with Gasteiger partial charge in [-0.3, -0.25) is 10.1 Å². The smallest absolute Gasteiger partial charge is 0.305 e. The molecule has 0 heterocycles. The summed E-state index contributed by atoms with van der Waals surface area (Å²) in [7, 11) is 0. The summed E-state index contributed by atoms with van der Waals surface area (Å²) >= 11 is 3.10. The van der Waals surface area contributed by atoms with E-state index in [-0.39, 0.29) is 6.61 Å². The van der Waals surface area contributed by atoms with Crippen LogP contribution in [0.25, 0.3) is 0 Å². The Bertz CT molecular complexity index is 370. The van der Waals surface area contributed by atoms with Gasteiger partial charge in [-0.25, -0.2) is 0 Å². The molecule has 1 aromatic rings. The monoisotopic (exact) mass is 263 g/mol. The third-order valence-corrected chi connectivity index (χ3v) is 2.38. The van der Waals surface area contributed by atoms with Gasteiger partial charge in [0.05, 0.1) is 11.5 Å². The topological polar surface area (TPSA) is 63.4 Å². The van der Waals surface area contributed by atoms with Gasteiger partial charge in [0.2, 0.25) is 5.82 Å². The summed E-state index contributed by atoms with van der Waals surface area (Å²) in [5.74, 6) is -0.927. The van der Waals surface area contributed by atoms with Gasteiger partial charge in [0.25, 0.3) is 0 Å². The number of nitro benzene ring substituents is 1. The molecule has 76 valence electrons. The van der Waals surface area contributed by atoms with Crippen LogP contribution < -0.4 is 0 Å². The summed E-state index contributed by atoms with van der Waals surface area (Å²) in [5.41, 5.74) is 0.294. The Morgan fingerprint density at radius 1 is 1.50 bits per heavy atom. The molecule has 1 N–H and O–H groups in total. The third kappa shape index (κ3) is 2.08. The lowest BCUT2D eigenvalue weighted by Crippen LogP contribution is -1.98. The number of nitro groups is 1. The van der Waals surface area contributed by atoms with Crippen molar-refractivity contribution in [1.29, 1.82) is 0 Å². The third-order valence-electron chi connectivity index (χ3n) is 1.78. The van der Waals surface area contributed by atoms with Gasteiger partial charge in [-0.1, -0.05) is 15.9 Å². The van der Waals surface area contributed by atoms with Crippen LogP contribution in [-0.4, -0.2) is 10.0 Å². The first-order valence-electron chi connectivity index (χ1n) is 3.72. The number of hydrogen-bond acceptors (Lipinski definition) is 3. The number of benzene rings is 1. The minimum absolute atomic E-state index is 0.337. The molecule has 0 amide bonds. The fourth-order valence-electron chi connectivity index (χ4n) is 1.06. The van der Waals surface area contributed by atoms with Crippen LogP contribution in [0, 0.1) is 15.9 Å². The number of hydrogen-bond donors (Lipinski definition) is 1. The van der Waals surface area contributed by atoms with Gasteiger partial charge in [-0.15, -0.1) is 0 Å². The van der Waals surface area contributed by atoms with Crippen molar-refractivity contribution in [3.05, 3.63) is 39.2 Å². The van der Waals surface area contributed by atoms with Gasteiger partial charge in [0.15, 0.2) is 0 Å². The second-order valence-corrected chi connectivity index (χ2v) is 3.18. The standard InChI is InChI=1S/C8H7BrFNO3/c9-3-5-2-8(11(13)14)7(10)1-6(5)4-12/h1-2,12H,3-4H2. The van der Waals surface area contributed by atoms with Gasteiger partial charge in [-0.2, -0.15) is 4.39 Å². The zero-order valence-electron chi connectivity index (χ0n) is 7.04. The van der Waals surface area contributed by atoms with E-state index >= 15 is 0 Å². The van der Waals surface area contributed by atoms with Crippen molar-refractivity contribution >= 4 is 21.6 Å². The van der Waals surface area contributed by atoms with E-state index in [2.05, 4.69) is 15.9 Å². The van der Waals surface area contributed by atoms with Gasteiger partial charge < -0.3 is 5.11 Å². The molecule has 0 aliphatic heterocycles. The highest BCUT2D eigenvalue weighted by atomic mass is 79.9. The average Bonchev–Trinajstić information content (AvgIpc) is 2.16. The molecule has 0 spiro atoms. The van der Waals surface area contributed by atoms with Crippen LogP contribution in [0.15, 0.2) is 12.1 Å². The number of rotatable bonds is 3. The van der Waals surface area contributed by atoms with E-state index in [4.69, 9.17) is 5.11 Å². The molecule has 14 heavy (non-hydrogen) atoms. The van der Waals surface area contributed by atoms with E-state index in [0.29, 0.717) is 16.5 Å².